The number of benzene rings is 1. The van der Waals surface area contributed by atoms with Crippen LogP contribution >= 0.6 is 11.3 Å². The molecule has 0 aliphatic carbocycles. The van der Waals surface area contributed by atoms with Crippen molar-refractivity contribution in [1.29, 1.82) is 5.26 Å². The zero-order valence-electron chi connectivity index (χ0n) is 15.1. The number of hydrogen-bond donors (Lipinski definition) is 1. The summed E-state index contributed by atoms with van der Waals surface area (Å²) in [6, 6.07) is 12.2. The van der Waals surface area contributed by atoms with E-state index in [1.807, 2.05) is 6.07 Å². The molecule has 3 aromatic rings. The number of nitrogens with one attached hydrogen (secondary N) is 1. The second-order valence-electron chi connectivity index (χ2n) is 6.38. The minimum Gasteiger partial charge on any atom is -0.419 e. The van der Waals surface area contributed by atoms with E-state index in [0.717, 1.165) is 13.1 Å². The summed E-state index contributed by atoms with van der Waals surface area (Å²) in [5.74, 6) is 0.285. The molecule has 1 atom stereocenters. The Morgan fingerprint density at radius 2 is 2.04 bits per heavy atom. The van der Waals surface area contributed by atoms with Gasteiger partial charge in [-0.15, -0.1) is 11.3 Å². The van der Waals surface area contributed by atoms with Crippen LogP contribution in [-0.4, -0.2) is 42.7 Å². The molecule has 0 radical (unpaired) electrons. The molecule has 0 amide bonds. The molecule has 6 nitrogen and oxygen atoms in total. The smallest absolute Gasteiger partial charge is 0.232 e. The third-order valence-corrected chi connectivity index (χ3v) is 5.61. The SMILES string of the molecule is N#Cc1nc(-c2ccc(F)cc2)oc1NC[C@H](c1cccs1)N1CCOCC1. The monoisotopic (exact) mass is 398 g/mol. The summed E-state index contributed by atoms with van der Waals surface area (Å²) in [5.41, 5.74) is 0.806. The van der Waals surface area contributed by atoms with Gasteiger partial charge in [0.25, 0.3) is 0 Å². The van der Waals surface area contributed by atoms with Crippen LogP contribution in [0.3, 0.4) is 0 Å². The van der Waals surface area contributed by atoms with E-state index in [2.05, 4.69) is 32.7 Å². The Morgan fingerprint density at radius 1 is 1.25 bits per heavy atom. The van der Waals surface area contributed by atoms with E-state index in [-0.39, 0.29) is 23.4 Å². The Bertz CT molecular complexity index is 944. The summed E-state index contributed by atoms with van der Waals surface area (Å²) < 4.78 is 24.4. The lowest BCUT2D eigenvalue weighted by Gasteiger charge is -2.34. The van der Waals surface area contributed by atoms with Crippen molar-refractivity contribution in [2.45, 2.75) is 6.04 Å². The van der Waals surface area contributed by atoms with Crippen molar-refractivity contribution in [3.63, 3.8) is 0 Å². The summed E-state index contributed by atoms with van der Waals surface area (Å²) in [4.78, 5) is 7.85. The Balaban J connectivity index is 1.54. The fourth-order valence-electron chi connectivity index (χ4n) is 3.20. The van der Waals surface area contributed by atoms with Crippen molar-refractivity contribution in [2.75, 3.05) is 38.2 Å². The van der Waals surface area contributed by atoms with Gasteiger partial charge < -0.3 is 14.5 Å². The van der Waals surface area contributed by atoms with E-state index in [1.165, 1.54) is 17.0 Å². The fourth-order valence-corrected chi connectivity index (χ4v) is 4.06. The minimum atomic E-state index is -0.335. The van der Waals surface area contributed by atoms with Gasteiger partial charge in [0.2, 0.25) is 17.5 Å². The van der Waals surface area contributed by atoms with Crippen LogP contribution in [-0.2, 0) is 4.74 Å². The highest BCUT2D eigenvalue weighted by Crippen LogP contribution is 2.29. The number of ether oxygens (including phenoxy) is 1. The molecular formula is C20H19FN4O2S. The third-order valence-electron chi connectivity index (χ3n) is 4.64. The van der Waals surface area contributed by atoms with Crippen molar-refractivity contribution in [2.24, 2.45) is 0 Å². The normalized spacial score (nSPS) is 15.9. The molecule has 144 valence electrons. The summed E-state index contributed by atoms with van der Waals surface area (Å²) in [7, 11) is 0. The summed E-state index contributed by atoms with van der Waals surface area (Å²) in [6.07, 6.45) is 0. The highest BCUT2D eigenvalue weighted by molar-refractivity contribution is 7.10. The number of aromatic nitrogens is 1. The second kappa shape index (κ2) is 8.52. The number of morpholine rings is 1. The Morgan fingerprint density at radius 3 is 2.71 bits per heavy atom. The average Bonchev–Trinajstić information content (AvgIpc) is 3.40. The molecule has 0 bridgehead atoms. The molecular weight excluding hydrogens is 379 g/mol. The molecule has 4 rings (SSSR count). The molecule has 0 unspecified atom stereocenters. The zero-order chi connectivity index (χ0) is 19.3. The highest BCUT2D eigenvalue weighted by atomic mass is 32.1. The van der Waals surface area contributed by atoms with E-state index in [9.17, 15) is 9.65 Å². The summed E-state index contributed by atoms with van der Waals surface area (Å²) >= 11 is 1.70. The van der Waals surface area contributed by atoms with Crippen LogP contribution in [0, 0.1) is 17.1 Å². The summed E-state index contributed by atoms with van der Waals surface area (Å²) in [6.45, 7) is 3.71. The number of thiophene rings is 1. The van der Waals surface area contributed by atoms with Gasteiger partial charge in [-0.25, -0.2) is 4.39 Å². The van der Waals surface area contributed by atoms with Crippen molar-refractivity contribution in [3.8, 4) is 17.5 Å². The van der Waals surface area contributed by atoms with Gasteiger partial charge in [-0.05, 0) is 35.7 Å². The lowest BCUT2D eigenvalue weighted by atomic mass is 10.2. The van der Waals surface area contributed by atoms with Crippen molar-refractivity contribution < 1.29 is 13.5 Å². The minimum absolute atomic E-state index is 0.148. The van der Waals surface area contributed by atoms with Crippen LogP contribution in [0.5, 0.6) is 0 Å². The van der Waals surface area contributed by atoms with Crippen LogP contribution in [0.2, 0.25) is 0 Å². The predicted molar refractivity (Wildman–Crippen MR) is 105 cm³/mol. The first-order valence-electron chi connectivity index (χ1n) is 9.00. The van der Waals surface area contributed by atoms with E-state index < -0.39 is 0 Å². The van der Waals surface area contributed by atoms with E-state index in [0.29, 0.717) is 31.2 Å². The first-order valence-corrected chi connectivity index (χ1v) is 9.88. The Labute approximate surface area is 166 Å². The summed E-state index contributed by atoms with van der Waals surface area (Å²) in [5, 5.41) is 14.7. The van der Waals surface area contributed by atoms with Gasteiger partial charge in [0, 0.05) is 30.1 Å². The van der Waals surface area contributed by atoms with Gasteiger partial charge in [-0.3, -0.25) is 4.90 Å². The van der Waals surface area contributed by atoms with E-state index in [4.69, 9.17) is 9.15 Å². The average molecular weight is 398 g/mol. The maximum absolute atomic E-state index is 13.1. The first kappa shape index (κ1) is 18.6. The van der Waals surface area contributed by atoms with Gasteiger partial charge in [-0.2, -0.15) is 10.2 Å². The molecule has 2 aromatic heterocycles. The quantitative estimate of drug-likeness (QED) is 0.679. The molecule has 1 aliphatic heterocycles. The van der Waals surface area contributed by atoms with E-state index >= 15 is 0 Å². The van der Waals surface area contributed by atoms with Crippen molar-refractivity contribution in [3.05, 3.63) is 58.2 Å². The van der Waals surface area contributed by atoms with Crippen molar-refractivity contribution >= 4 is 17.2 Å². The molecule has 28 heavy (non-hydrogen) atoms. The fraction of sp³-hybridized carbons (Fsp3) is 0.300. The molecule has 3 heterocycles. The molecule has 0 saturated carbocycles. The molecule has 1 aliphatic rings. The van der Waals surface area contributed by atoms with Crippen LogP contribution in [0.25, 0.3) is 11.5 Å². The van der Waals surface area contributed by atoms with Crippen LogP contribution < -0.4 is 5.32 Å². The molecule has 1 saturated heterocycles. The maximum atomic E-state index is 13.1. The van der Waals surface area contributed by atoms with E-state index in [1.54, 1.807) is 23.5 Å². The number of nitriles is 1. The van der Waals surface area contributed by atoms with Gasteiger partial charge in [0.1, 0.15) is 11.9 Å². The maximum Gasteiger partial charge on any atom is 0.232 e. The first-order chi connectivity index (χ1) is 13.7. The standard InChI is InChI=1S/C20H19FN4O2S/c21-15-5-3-14(4-6-15)19-24-16(12-22)20(27-19)23-13-17(18-2-1-11-28-18)25-7-9-26-10-8-25/h1-6,11,17,23H,7-10,13H2/t17-/m1/s1. The number of oxazole rings is 1. The lowest BCUT2D eigenvalue weighted by molar-refractivity contribution is 0.0193. The zero-order valence-corrected chi connectivity index (χ0v) is 15.9. The number of rotatable bonds is 6. The van der Waals surface area contributed by atoms with Gasteiger partial charge in [0.15, 0.2) is 0 Å². The lowest BCUT2D eigenvalue weighted by Crippen LogP contribution is -2.41. The highest BCUT2D eigenvalue weighted by Gasteiger charge is 2.24. The van der Waals surface area contributed by atoms with Crippen LogP contribution in [0.4, 0.5) is 10.3 Å². The molecule has 1 N–H and O–H groups in total. The Hall–Kier alpha value is -2.73. The second-order valence-corrected chi connectivity index (χ2v) is 7.36. The number of anilines is 1. The number of hydrogen-bond acceptors (Lipinski definition) is 7. The third kappa shape index (κ3) is 4.07. The van der Waals surface area contributed by atoms with Crippen molar-refractivity contribution in [1.82, 2.24) is 9.88 Å². The number of halogens is 1. The number of nitrogens with zero attached hydrogens (tertiary/aromatic N) is 3. The largest absolute Gasteiger partial charge is 0.419 e. The van der Waals surface area contributed by atoms with Gasteiger partial charge in [0.05, 0.1) is 19.3 Å². The molecule has 8 heteroatoms. The van der Waals surface area contributed by atoms with Crippen LogP contribution in [0.15, 0.2) is 46.2 Å². The molecule has 1 fully saturated rings. The molecule has 0 spiro atoms. The topological polar surface area (TPSA) is 74.3 Å². The Kier molecular flexibility index (Phi) is 5.67. The van der Waals surface area contributed by atoms with Gasteiger partial charge >= 0.3 is 0 Å². The molecule has 1 aromatic carbocycles. The van der Waals surface area contributed by atoms with Gasteiger partial charge in [-0.1, -0.05) is 6.07 Å². The predicted octanol–water partition coefficient (Wildman–Crippen LogP) is 3.90. The van der Waals surface area contributed by atoms with Crippen LogP contribution in [0.1, 0.15) is 16.6 Å².